The van der Waals surface area contributed by atoms with Gasteiger partial charge in [-0.2, -0.15) is 0 Å². The van der Waals surface area contributed by atoms with Gasteiger partial charge in [0.2, 0.25) is 0 Å². The Balaban J connectivity index is 1.99. The fourth-order valence-electron chi connectivity index (χ4n) is 2.40. The van der Waals surface area contributed by atoms with Crippen LogP contribution in [0.4, 0.5) is 0 Å². The van der Waals surface area contributed by atoms with Gasteiger partial charge in [0.1, 0.15) is 0 Å². The van der Waals surface area contributed by atoms with Crippen molar-refractivity contribution in [3.8, 4) is 0 Å². The zero-order valence-corrected chi connectivity index (χ0v) is 13.4. The van der Waals surface area contributed by atoms with Crippen LogP contribution in [0.5, 0.6) is 0 Å². The number of hydrogen-bond donors (Lipinski definition) is 0. The van der Waals surface area contributed by atoms with Crippen LogP contribution in [0.3, 0.4) is 0 Å². The maximum Gasteiger partial charge on any atom is 0.0576 e. The van der Waals surface area contributed by atoms with Gasteiger partial charge in [0.15, 0.2) is 0 Å². The van der Waals surface area contributed by atoms with Gasteiger partial charge in [0.05, 0.1) is 6.10 Å². The molecular formula is C15H20BrClO. The molecule has 0 saturated carbocycles. The highest BCUT2D eigenvalue weighted by atomic mass is 79.9. The minimum Gasteiger partial charge on any atom is -0.378 e. The molecule has 2 atom stereocenters. The molecule has 1 saturated heterocycles. The molecule has 2 rings (SSSR count). The predicted octanol–water partition coefficient (Wildman–Crippen LogP) is 5.35. The summed E-state index contributed by atoms with van der Waals surface area (Å²) in [6.45, 7) is 5.16. The van der Waals surface area contributed by atoms with Gasteiger partial charge in [0.25, 0.3) is 0 Å². The molecule has 0 amide bonds. The Labute approximate surface area is 123 Å². The molecule has 0 spiro atoms. The van der Waals surface area contributed by atoms with Crippen molar-refractivity contribution < 1.29 is 4.74 Å². The van der Waals surface area contributed by atoms with E-state index in [1.807, 2.05) is 0 Å². The second-order valence-corrected chi connectivity index (χ2v) is 6.65. The van der Waals surface area contributed by atoms with E-state index in [-0.39, 0.29) is 0 Å². The maximum absolute atomic E-state index is 6.33. The van der Waals surface area contributed by atoms with Gasteiger partial charge in [0, 0.05) is 16.5 Å². The Morgan fingerprint density at radius 2 is 2.11 bits per heavy atom. The van der Waals surface area contributed by atoms with E-state index in [1.165, 1.54) is 29.5 Å². The highest BCUT2D eigenvalue weighted by molar-refractivity contribution is 9.09. The molecule has 0 bridgehead atoms. The first kappa shape index (κ1) is 14.4. The number of ether oxygens (including phenoxy) is 1. The van der Waals surface area contributed by atoms with Crippen LogP contribution in [0.1, 0.15) is 47.2 Å². The quantitative estimate of drug-likeness (QED) is 0.676. The lowest BCUT2D eigenvalue weighted by atomic mass is 10.0. The summed E-state index contributed by atoms with van der Waals surface area (Å²) in [7, 11) is 0. The molecule has 0 aliphatic carbocycles. The number of hydrogen-bond acceptors (Lipinski definition) is 1. The largest absolute Gasteiger partial charge is 0.378 e. The molecular weight excluding hydrogens is 312 g/mol. The highest BCUT2D eigenvalue weighted by Crippen LogP contribution is 2.36. The molecule has 1 aliphatic rings. The zero-order valence-electron chi connectivity index (χ0n) is 11.0. The fraction of sp³-hybridized carbons (Fsp3) is 0.600. The maximum atomic E-state index is 6.33. The van der Waals surface area contributed by atoms with Crippen LogP contribution in [0.25, 0.3) is 0 Å². The van der Waals surface area contributed by atoms with Crippen LogP contribution < -0.4 is 0 Å². The number of benzene rings is 1. The van der Waals surface area contributed by atoms with Crippen molar-refractivity contribution >= 4 is 27.5 Å². The van der Waals surface area contributed by atoms with Crippen molar-refractivity contribution in [3.63, 3.8) is 0 Å². The Morgan fingerprint density at radius 1 is 1.39 bits per heavy atom. The van der Waals surface area contributed by atoms with E-state index in [9.17, 15) is 0 Å². The molecule has 1 heterocycles. The first-order valence-corrected chi connectivity index (χ1v) is 7.89. The van der Waals surface area contributed by atoms with E-state index >= 15 is 0 Å². The smallest absolute Gasteiger partial charge is 0.0576 e. The van der Waals surface area contributed by atoms with Gasteiger partial charge in [-0.1, -0.05) is 33.6 Å². The second kappa shape index (κ2) is 6.40. The highest BCUT2D eigenvalue weighted by Gasteiger charge is 2.19. The van der Waals surface area contributed by atoms with Gasteiger partial charge >= 0.3 is 0 Å². The number of alkyl halides is 1. The fourth-order valence-corrected chi connectivity index (χ4v) is 3.53. The normalized spacial score (nSPS) is 21.2. The first-order chi connectivity index (χ1) is 8.58. The van der Waals surface area contributed by atoms with E-state index in [2.05, 4.69) is 41.9 Å². The molecule has 0 N–H and O–H groups in total. The van der Waals surface area contributed by atoms with Crippen LogP contribution in [-0.2, 0) is 4.74 Å². The van der Waals surface area contributed by atoms with Crippen molar-refractivity contribution in [2.45, 2.75) is 50.5 Å². The van der Waals surface area contributed by atoms with Crippen molar-refractivity contribution in [2.75, 3.05) is 6.61 Å². The molecule has 0 radical (unpaired) electrons. The average molecular weight is 332 g/mol. The third-order valence-corrected chi connectivity index (χ3v) is 4.99. The van der Waals surface area contributed by atoms with Crippen LogP contribution in [0.2, 0.25) is 5.02 Å². The van der Waals surface area contributed by atoms with Gasteiger partial charge < -0.3 is 4.74 Å². The Morgan fingerprint density at radius 3 is 2.78 bits per heavy atom. The van der Waals surface area contributed by atoms with Crippen LogP contribution in [0, 0.1) is 13.8 Å². The molecule has 3 heteroatoms. The summed E-state index contributed by atoms with van der Waals surface area (Å²) in [6.07, 6.45) is 5.06. The molecule has 1 nitrogen and oxygen atoms in total. The monoisotopic (exact) mass is 330 g/mol. The van der Waals surface area contributed by atoms with Crippen LogP contribution >= 0.6 is 27.5 Å². The van der Waals surface area contributed by atoms with Gasteiger partial charge in [-0.05, 0) is 62.3 Å². The molecule has 1 aliphatic heterocycles. The average Bonchev–Trinajstić information content (AvgIpc) is 2.84. The summed E-state index contributed by atoms with van der Waals surface area (Å²) in [4.78, 5) is 0.327. The molecule has 100 valence electrons. The van der Waals surface area contributed by atoms with Crippen molar-refractivity contribution in [1.82, 2.24) is 0 Å². The van der Waals surface area contributed by atoms with Gasteiger partial charge in [-0.25, -0.2) is 0 Å². The minimum atomic E-state index is 0.327. The van der Waals surface area contributed by atoms with Gasteiger partial charge in [-0.3, -0.25) is 0 Å². The lowest BCUT2D eigenvalue weighted by Gasteiger charge is -2.16. The SMILES string of the molecule is Cc1cc(Cl)c(C(Br)CCC2CCCO2)cc1C. The summed E-state index contributed by atoms with van der Waals surface area (Å²) >= 11 is 10.1. The number of rotatable bonds is 4. The minimum absolute atomic E-state index is 0.327. The molecule has 1 fully saturated rings. The Bertz CT molecular complexity index is 413. The van der Waals surface area contributed by atoms with E-state index in [4.69, 9.17) is 16.3 Å². The first-order valence-electron chi connectivity index (χ1n) is 6.60. The summed E-state index contributed by atoms with van der Waals surface area (Å²) < 4.78 is 5.66. The second-order valence-electron chi connectivity index (χ2n) is 5.14. The van der Waals surface area contributed by atoms with Crippen molar-refractivity contribution in [2.24, 2.45) is 0 Å². The Hall–Kier alpha value is -0.0500. The summed E-state index contributed by atoms with van der Waals surface area (Å²) in [5.74, 6) is 0. The van der Waals surface area contributed by atoms with Crippen LogP contribution in [0.15, 0.2) is 12.1 Å². The Kier molecular flexibility index (Phi) is 5.11. The molecule has 0 aromatic heterocycles. The lowest BCUT2D eigenvalue weighted by Crippen LogP contribution is -2.06. The van der Waals surface area contributed by atoms with E-state index in [1.54, 1.807) is 0 Å². The lowest BCUT2D eigenvalue weighted by molar-refractivity contribution is 0.102. The standard InChI is InChI=1S/C15H20BrClO/c1-10-8-13(15(17)9-11(10)2)14(16)6-5-12-4-3-7-18-12/h8-9,12,14H,3-7H2,1-2H3. The molecule has 18 heavy (non-hydrogen) atoms. The van der Waals surface area contributed by atoms with E-state index in [0.29, 0.717) is 10.9 Å². The van der Waals surface area contributed by atoms with Crippen molar-refractivity contribution in [1.29, 1.82) is 0 Å². The number of halogens is 2. The molecule has 1 aromatic rings. The molecule has 1 aromatic carbocycles. The number of aryl methyl sites for hydroxylation is 2. The predicted molar refractivity (Wildman–Crippen MR) is 80.8 cm³/mol. The molecule has 2 unspecified atom stereocenters. The van der Waals surface area contributed by atoms with E-state index < -0.39 is 0 Å². The van der Waals surface area contributed by atoms with Crippen LogP contribution in [-0.4, -0.2) is 12.7 Å². The summed E-state index contributed by atoms with van der Waals surface area (Å²) in [5, 5.41) is 0.868. The van der Waals surface area contributed by atoms with E-state index in [0.717, 1.165) is 24.5 Å². The third-order valence-electron chi connectivity index (χ3n) is 3.72. The van der Waals surface area contributed by atoms with Gasteiger partial charge in [-0.15, -0.1) is 0 Å². The van der Waals surface area contributed by atoms with Crippen molar-refractivity contribution in [3.05, 3.63) is 33.8 Å². The summed E-state index contributed by atoms with van der Waals surface area (Å²) in [6, 6.07) is 4.26. The topological polar surface area (TPSA) is 9.23 Å². The zero-order chi connectivity index (χ0) is 13.1. The third kappa shape index (κ3) is 3.49. The summed E-state index contributed by atoms with van der Waals surface area (Å²) in [5.41, 5.74) is 3.76.